The molecule has 0 N–H and O–H groups in total. The summed E-state index contributed by atoms with van der Waals surface area (Å²) < 4.78 is 23.6. The summed E-state index contributed by atoms with van der Waals surface area (Å²) in [6, 6.07) is 8.01. The minimum atomic E-state index is -3.46. The van der Waals surface area contributed by atoms with Crippen molar-refractivity contribution in [3.8, 4) is 0 Å². The Morgan fingerprint density at radius 3 is 2.32 bits per heavy atom. The molecule has 0 radical (unpaired) electrons. The van der Waals surface area contributed by atoms with Gasteiger partial charge in [0.15, 0.2) is 14.6 Å². The minimum Gasteiger partial charge on any atom is -0.341 e. The summed E-state index contributed by atoms with van der Waals surface area (Å²) in [5.41, 5.74) is 2.22. The summed E-state index contributed by atoms with van der Waals surface area (Å²) in [4.78, 5) is 29.7. The Balaban J connectivity index is 1.42. The highest BCUT2D eigenvalue weighted by molar-refractivity contribution is 7.92. The first-order valence-electron chi connectivity index (χ1n) is 10.2. The van der Waals surface area contributed by atoms with E-state index in [1.165, 1.54) is 11.8 Å². The van der Waals surface area contributed by atoms with Gasteiger partial charge in [0.25, 0.3) is 0 Å². The van der Waals surface area contributed by atoms with Crippen molar-refractivity contribution in [3.63, 3.8) is 0 Å². The van der Waals surface area contributed by atoms with Crippen molar-refractivity contribution in [2.75, 3.05) is 30.8 Å². The fourth-order valence-electron chi connectivity index (χ4n) is 5.09. The number of amides is 2. The predicted octanol–water partition coefficient (Wildman–Crippen LogP) is 2.17. The second kappa shape index (κ2) is 7.17. The van der Waals surface area contributed by atoms with E-state index in [1.807, 2.05) is 23.1 Å². The predicted molar refractivity (Wildman–Crippen MR) is 108 cm³/mol. The molecule has 0 aromatic heterocycles. The molecule has 2 fully saturated rings. The first kappa shape index (κ1) is 19.4. The Morgan fingerprint density at radius 2 is 1.68 bits per heavy atom. The second-order valence-electron chi connectivity index (χ2n) is 8.41. The zero-order valence-electron chi connectivity index (χ0n) is 16.4. The van der Waals surface area contributed by atoms with Crippen LogP contribution in [0.3, 0.4) is 0 Å². The normalized spacial score (nSPS) is 22.3. The monoisotopic (exact) mass is 404 g/mol. The molecule has 2 aliphatic heterocycles. The van der Waals surface area contributed by atoms with E-state index in [2.05, 4.69) is 6.07 Å². The summed E-state index contributed by atoms with van der Waals surface area (Å²) in [6.07, 6.45) is 5.69. The first-order chi connectivity index (χ1) is 13.3. The molecule has 1 saturated carbocycles. The molecule has 2 heterocycles. The second-order valence-corrected chi connectivity index (χ2v) is 10.7. The number of carbonyl (C=O) groups excluding carboxylic acids is 2. The van der Waals surface area contributed by atoms with E-state index in [4.69, 9.17) is 0 Å². The zero-order valence-corrected chi connectivity index (χ0v) is 17.2. The number of hydrogen-bond acceptors (Lipinski definition) is 4. The molecule has 2 amide bonds. The third kappa shape index (κ3) is 3.13. The summed E-state index contributed by atoms with van der Waals surface area (Å²) in [6.45, 7) is 1.64. The highest BCUT2D eigenvalue weighted by atomic mass is 32.2. The highest BCUT2D eigenvalue weighted by Crippen LogP contribution is 2.39. The van der Waals surface area contributed by atoms with Gasteiger partial charge < -0.3 is 9.80 Å². The average Bonchev–Trinajstić information content (AvgIpc) is 3.35. The Hall–Kier alpha value is -1.89. The number of fused-ring (bicyclic) bond motifs is 1. The molecule has 0 unspecified atom stereocenters. The van der Waals surface area contributed by atoms with Gasteiger partial charge in [-0.05, 0) is 43.7 Å². The number of hydrogen-bond donors (Lipinski definition) is 0. The van der Waals surface area contributed by atoms with Crippen LogP contribution in [0.15, 0.2) is 24.3 Å². The zero-order chi connectivity index (χ0) is 19.9. The lowest BCUT2D eigenvalue weighted by Gasteiger charge is -2.38. The highest BCUT2D eigenvalue weighted by Gasteiger charge is 2.52. The van der Waals surface area contributed by atoms with Gasteiger partial charge in [0, 0.05) is 37.5 Å². The lowest BCUT2D eigenvalue weighted by molar-refractivity contribution is -0.137. The number of benzene rings is 1. The quantitative estimate of drug-likeness (QED) is 0.774. The van der Waals surface area contributed by atoms with Crippen LogP contribution in [0.4, 0.5) is 5.69 Å². The Morgan fingerprint density at radius 1 is 1.04 bits per heavy atom. The molecule has 152 valence electrons. The molecule has 3 aliphatic rings. The number of likely N-dealkylation sites (tertiary alicyclic amines) is 1. The number of anilines is 1. The fraction of sp³-hybridized carbons (Fsp3) is 0.619. The Labute approximate surface area is 166 Å². The number of sulfone groups is 1. The van der Waals surface area contributed by atoms with Crippen molar-refractivity contribution >= 4 is 27.3 Å². The maximum Gasteiger partial charge on any atom is 0.244 e. The number of para-hydroxylation sites is 1. The van der Waals surface area contributed by atoms with Crippen LogP contribution in [-0.4, -0.2) is 55.8 Å². The van der Waals surface area contributed by atoms with Gasteiger partial charge in [-0.25, -0.2) is 8.42 Å². The number of piperidine rings is 1. The third-order valence-corrected chi connectivity index (χ3v) is 8.80. The lowest BCUT2D eigenvalue weighted by atomic mass is 9.93. The van der Waals surface area contributed by atoms with Crippen LogP contribution in [0.5, 0.6) is 0 Å². The van der Waals surface area contributed by atoms with E-state index >= 15 is 0 Å². The van der Waals surface area contributed by atoms with Gasteiger partial charge in [-0.1, -0.05) is 31.0 Å². The van der Waals surface area contributed by atoms with Gasteiger partial charge in [0.05, 0.1) is 0 Å². The number of nitrogens with zero attached hydrogens (tertiary/aromatic N) is 2. The molecule has 28 heavy (non-hydrogen) atoms. The van der Waals surface area contributed by atoms with Crippen molar-refractivity contribution in [1.29, 1.82) is 0 Å². The largest absolute Gasteiger partial charge is 0.341 e. The topological polar surface area (TPSA) is 74.8 Å². The fourth-order valence-corrected chi connectivity index (χ4v) is 6.57. The molecule has 0 atom stereocenters. The van der Waals surface area contributed by atoms with Crippen molar-refractivity contribution in [1.82, 2.24) is 4.90 Å². The lowest BCUT2D eigenvalue weighted by Crippen LogP contribution is -2.54. The molecule has 7 heteroatoms. The van der Waals surface area contributed by atoms with E-state index in [0.717, 1.165) is 24.9 Å². The molecule has 1 aliphatic carbocycles. The van der Waals surface area contributed by atoms with Crippen LogP contribution in [0, 0.1) is 5.92 Å². The van der Waals surface area contributed by atoms with Gasteiger partial charge in [-0.2, -0.15) is 0 Å². The van der Waals surface area contributed by atoms with Crippen LogP contribution in [-0.2, 0) is 25.8 Å². The van der Waals surface area contributed by atoms with Crippen molar-refractivity contribution in [2.24, 2.45) is 5.92 Å². The molecule has 1 saturated heterocycles. The Kier molecular flexibility index (Phi) is 4.98. The van der Waals surface area contributed by atoms with E-state index < -0.39 is 14.6 Å². The van der Waals surface area contributed by atoms with Crippen molar-refractivity contribution in [3.05, 3.63) is 29.8 Å². The van der Waals surface area contributed by atoms with Crippen LogP contribution < -0.4 is 4.90 Å². The summed E-state index contributed by atoms with van der Waals surface area (Å²) in [7, 11) is -3.46. The van der Waals surface area contributed by atoms with Crippen LogP contribution in [0.2, 0.25) is 0 Å². The number of rotatable bonds is 3. The van der Waals surface area contributed by atoms with E-state index in [9.17, 15) is 18.0 Å². The molecular weight excluding hydrogens is 376 g/mol. The summed E-state index contributed by atoms with van der Waals surface area (Å²) in [5, 5.41) is 0. The maximum atomic E-state index is 13.1. The Bertz CT molecular complexity index is 881. The van der Waals surface area contributed by atoms with Gasteiger partial charge >= 0.3 is 0 Å². The van der Waals surface area contributed by atoms with Crippen molar-refractivity contribution < 1.29 is 18.0 Å². The van der Waals surface area contributed by atoms with Gasteiger partial charge in [0.1, 0.15) is 0 Å². The molecule has 0 bridgehead atoms. The third-order valence-electron chi connectivity index (χ3n) is 6.80. The summed E-state index contributed by atoms with van der Waals surface area (Å²) in [5.74, 6) is -0.214. The molecule has 1 aromatic rings. The standard InChI is InChI=1S/C21H28N2O4S/c1-28(26,27)21(11-4-5-12-21)20(25)22-13-8-17(9-14-22)19(24)23-15-10-16-6-2-3-7-18(16)23/h2-3,6-7,17H,4-5,8-15H2,1H3. The smallest absolute Gasteiger partial charge is 0.244 e. The SMILES string of the molecule is CS(=O)(=O)C1(C(=O)N2CCC(C(=O)N3CCc4ccccc43)CC2)CCCC1. The van der Waals surface area contributed by atoms with Crippen LogP contribution in [0.25, 0.3) is 0 Å². The first-order valence-corrected chi connectivity index (χ1v) is 12.1. The van der Waals surface area contributed by atoms with Crippen LogP contribution in [0.1, 0.15) is 44.1 Å². The van der Waals surface area contributed by atoms with Gasteiger partial charge in [-0.3, -0.25) is 9.59 Å². The van der Waals surface area contributed by atoms with Gasteiger partial charge in [0.2, 0.25) is 11.8 Å². The van der Waals surface area contributed by atoms with Crippen LogP contribution >= 0.6 is 0 Å². The van der Waals surface area contributed by atoms with E-state index in [0.29, 0.717) is 45.3 Å². The molecular formula is C21H28N2O4S. The summed E-state index contributed by atoms with van der Waals surface area (Å²) >= 11 is 0. The minimum absolute atomic E-state index is 0.104. The molecule has 6 nitrogen and oxygen atoms in total. The average molecular weight is 405 g/mol. The molecule has 0 spiro atoms. The number of carbonyl (C=O) groups is 2. The maximum absolute atomic E-state index is 13.1. The van der Waals surface area contributed by atoms with E-state index in [1.54, 1.807) is 4.90 Å². The van der Waals surface area contributed by atoms with Gasteiger partial charge in [-0.15, -0.1) is 0 Å². The molecule has 1 aromatic carbocycles. The molecule has 4 rings (SSSR count). The van der Waals surface area contributed by atoms with E-state index in [-0.39, 0.29) is 17.7 Å². The van der Waals surface area contributed by atoms with Crippen molar-refractivity contribution in [2.45, 2.75) is 49.7 Å².